The van der Waals surface area contributed by atoms with E-state index in [1.54, 1.807) is 11.8 Å². The van der Waals surface area contributed by atoms with Crippen molar-refractivity contribution in [3.63, 3.8) is 0 Å². The van der Waals surface area contributed by atoms with Crippen LogP contribution in [-0.2, 0) is 19.1 Å². The second-order valence-electron chi connectivity index (χ2n) is 9.83. The van der Waals surface area contributed by atoms with E-state index in [9.17, 15) is 19.5 Å². The van der Waals surface area contributed by atoms with Gasteiger partial charge in [0.25, 0.3) is 5.91 Å². The Morgan fingerprint density at radius 2 is 1.95 bits per heavy atom. The Morgan fingerprint density at radius 1 is 1.18 bits per heavy atom. The quantitative estimate of drug-likeness (QED) is 0.308. The summed E-state index contributed by atoms with van der Waals surface area (Å²) in [7, 11) is 1.51. The van der Waals surface area contributed by atoms with Gasteiger partial charge in [-0.1, -0.05) is 37.7 Å². The Bertz CT molecular complexity index is 1180. The van der Waals surface area contributed by atoms with Crippen LogP contribution in [0.3, 0.4) is 0 Å². The number of hydrogen-bond donors (Lipinski definition) is 4. The van der Waals surface area contributed by atoms with Gasteiger partial charge in [0.05, 0.1) is 30.6 Å². The number of aliphatic hydroxyl groups excluding tert-OH is 1. The van der Waals surface area contributed by atoms with Gasteiger partial charge >= 0.3 is 0 Å². The number of fused-ring (bicyclic) bond motifs is 2. The van der Waals surface area contributed by atoms with Crippen LogP contribution in [0.5, 0.6) is 5.75 Å². The molecule has 2 aliphatic rings. The van der Waals surface area contributed by atoms with Crippen LogP contribution >= 0.6 is 11.8 Å². The fourth-order valence-electron chi connectivity index (χ4n) is 4.21. The van der Waals surface area contributed by atoms with Crippen LogP contribution in [0.1, 0.15) is 26.7 Å². The number of carbonyl (C=O) groups excluding carboxylic acids is 3. The number of rotatable bonds is 10. The average Bonchev–Trinajstić information content (AvgIpc) is 3.28. The van der Waals surface area contributed by atoms with Crippen LogP contribution in [0.2, 0.25) is 0 Å². The molecule has 1 fully saturated rings. The van der Waals surface area contributed by atoms with Gasteiger partial charge in [-0.3, -0.25) is 14.4 Å². The first-order valence-electron chi connectivity index (χ1n) is 12.6. The van der Waals surface area contributed by atoms with Gasteiger partial charge in [0.1, 0.15) is 11.8 Å². The van der Waals surface area contributed by atoms with Crippen LogP contribution < -0.4 is 20.7 Å². The molecule has 204 valence electrons. The van der Waals surface area contributed by atoms with Crippen molar-refractivity contribution in [2.45, 2.75) is 54.9 Å². The summed E-state index contributed by atoms with van der Waals surface area (Å²) in [5, 5.41) is 18.7. The summed E-state index contributed by atoms with van der Waals surface area (Å²) in [5.74, 6) is -0.545. The Labute approximate surface area is 226 Å². The molecule has 2 aromatic carbocycles. The van der Waals surface area contributed by atoms with E-state index in [4.69, 9.17) is 9.47 Å². The molecule has 4 N–H and O–H groups in total. The number of benzene rings is 2. The van der Waals surface area contributed by atoms with E-state index in [1.165, 1.54) is 11.9 Å². The van der Waals surface area contributed by atoms with Crippen molar-refractivity contribution >= 4 is 40.9 Å². The Hall–Kier alpha value is -3.28. The monoisotopic (exact) mass is 542 g/mol. The molecule has 0 spiro atoms. The lowest BCUT2D eigenvalue weighted by molar-refractivity contribution is -0.137. The van der Waals surface area contributed by atoms with E-state index in [1.807, 2.05) is 50.2 Å². The first kappa shape index (κ1) is 27.7. The van der Waals surface area contributed by atoms with E-state index < -0.39 is 24.3 Å². The number of para-hydroxylation sites is 1. The number of ether oxygens (including phenoxy) is 2. The summed E-state index contributed by atoms with van der Waals surface area (Å²) >= 11 is 1.66. The number of hydrogen-bond acceptors (Lipinski definition) is 8. The minimum atomic E-state index is -1.06. The molecule has 3 atom stereocenters. The predicted molar refractivity (Wildman–Crippen MR) is 143 cm³/mol. The predicted octanol–water partition coefficient (Wildman–Crippen LogP) is 2.49. The molecule has 0 bridgehead atoms. The Balaban J connectivity index is 1.27. The van der Waals surface area contributed by atoms with E-state index in [-0.39, 0.29) is 30.9 Å². The van der Waals surface area contributed by atoms with Gasteiger partial charge < -0.3 is 35.4 Å². The molecule has 38 heavy (non-hydrogen) atoms. The maximum Gasteiger partial charge on any atom is 0.260 e. The molecule has 1 unspecified atom stereocenters. The molecule has 1 saturated heterocycles. The highest BCUT2D eigenvalue weighted by Gasteiger charge is 2.31. The molecule has 2 heterocycles. The average molecular weight is 543 g/mol. The molecule has 11 heteroatoms. The SMILES string of the molecule is CC(C)C[C@H](NC(=O)CN(C)C(=O)COc1ccc2c(c1)Nc1ccccc1S2)C(=O)N[C@H]1CCOC1O. The maximum atomic E-state index is 12.8. The van der Waals surface area contributed by atoms with Crippen molar-refractivity contribution < 1.29 is 29.0 Å². The van der Waals surface area contributed by atoms with Crippen LogP contribution in [0.4, 0.5) is 11.4 Å². The van der Waals surface area contributed by atoms with Gasteiger partial charge in [-0.25, -0.2) is 0 Å². The lowest BCUT2D eigenvalue weighted by atomic mass is 10.0. The molecular weight excluding hydrogens is 508 g/mol. The fraction of sp³-hybridized carbons (Fsp3) is 0.444. The standard InChI is InChI=1S/C27H34N4O6S/c1-16(2)12-21(26(34)30-19-10-11-36-27(19)35)29-24(32)14-31(3)25(33)15-37-17-8-9-23-20(13-17)28-18-6-4-5-7-22(18)38-23/h4-9,13,16,19,21,27-28,35H,10-12,14-15H2,1-3H3,(H,29,32)(H,30,34)/t19-,21-,27?/m0/s1. The summed E-state index contributed by atoms with van der Waals surface area (Å²) in [6.45, 7) is 3.79. The first-order chi connectivity index (χ1) is 18.2. The summed E-state index contributed by atoms with van der Waals surface area (Å²) in [6, 6.07) is 12.3. The van der Waals surface area contributed by atoms with Crippen molar-refractivity contribution in [3.8, 4) is 5.75 Å². The topological polar surface area (TPSA) is 129 Å². The first-order valence-corrected chi connectivity index (χ1v) is 13.5. The fourth-order valence-corrected chi connectivity index (χ4v) is 5.18. The summed E-state index contributed by atoms with van der Waals surface area (Å²) in [5.41, 5.74) is 1.92. The van der Waals surface area contributed by atoms with E-state index in [0.717, 1.165) is 21.2 Å². The highest BCUT2D eigenvalue weighted by atomic mass is 32.2. The number of aliphatic hydroxyl groups is 1. The third kappa shape index (κ3) is 7.18. The number of amides is 3. The normalized spacial score (nSPS) is 18.6. The zero-order valence-corrected chi connectivity index (χ0v) is 22.5. The number of nitrogens with one attached hydrogen (secondary N) is 3. The van der Waals surface area contributed by atoms with Crippen molar-refractivity contribution in [2.75, 3.05) is 32.1 Å². The number of likely N-dealkylation sites (N-methyl/N-ethyl adjacent to an activating group) is 1. The van der Waals surface area contributed by atoms with E-state index >= 15 is 0 Å². The third-order valence-corrected chi connectivity index (χ3v) is 7.40. The Kier molecular flexibility index (Phi) is 9.13. The van der Waals surface area contributed by atoms with Crippen LogP contribution in [0, 0.1) is 5.92 Å². The molecule has 0 aromatic heterocycles. The largest absolute Gasteiger partial charge is 0.484 e. The van der Waals surface area contributed by atoms with Crippen molar-refractivity contribution in [3.05, 3.63) is 42.5 Å². The number of carbonyl (C=O) groups is 3. The zero-order chi connectivity index (χ0) is 27.2. The minimum absolute atomic E-state index is 0.140. The van der Waals surface area contributed by atoms with E-state index in [2.05, 4.69) is 22.0 Å². The molecule has 2 aliphatic heterocycles. The van der Waals surface area contributed by atoms with Crippen molar-refractivity contribution in [1.29, 1.82) is 0 Å². The number of nitrogens with zero attached hydrogens (tertiary/aromatic N) is 1. The maximum absolute atomic E-state index is 12.8. The van der Waals surface area contributed by atoms with Gasteiger partial charge in [0.2, 0.25) is 11.8 Å². The molecule has 10 nitrogen and oxygen atoms in total. The van der Waals surface area contributed by atoms with Crippen LogP contribution in [0.25, 0.3) is 0 Å². The zero-order valence-electron chi connectivity index (χ0n) is 21.7. The minimum Gasteiger partial charge on any atom is -0.484 e. The molecule has 0 radical (unpaired) electrons. The second-order valence-corrected chi connectivity index (χ2v) is 10.9. The van der Waals surface area contributed by atoms with Gasteiger partial charge in [-0.15, -0.1) is 0 Å². The third-order valence-electron chi connectivity index (χ3n) is 6.24. The molecule has 4 rings (SSSR count). The highest BCUT2D eigenvalue weighted by molar-refractivity contribution is 7.99. The highest BCUT2D eigenvalue weighted by Crippen LogP contribution is 2.44. The second kappa shape index (κ2) is 12.5. The van der Waals surface area contributed by atoms with Crippen molar-refractivity contribution in [1.82, 2.24) is 15.5 Å². The van der Waals surface area contributed by atoms with E-state index in [0.29, 0.717) is 25.2 Å². The molecule has 0 aliphatic carbocycles. The van der Waals surface area contributed by atoms with Crippen LogP contribution in [-0.4, -0.2) is 72.9 Å². The summed E-state index contributed by atoms with van der Waals surface area (Å²) in [6.07, 6.45) is -0.144. The Morgan fingerprint density at radius 3 is 2.68 bits per heavy atom. The van der Waals surface area contributed by atoms with Crippen LogP contribution in [0.15, 0.2) is 52.3 Å². The molecule has 0 saturated carbocycles. The smallest absolute Gasteiger partial charge is 0.260 e. The number of anilines is 2. The molecule has 3 amide bonds. The molecular formula is C27H34N4O6S. The van der Waals surface area contributed by atoms with Gasteiger partial charge in [0, 0.05) is 22.9 Å². The summed E-state index contributed by atoms with van der Waals surface area (Å²) < 4.78 is 10.8. The van der Waals surface area contributed by atoms with Gasteiger partial charge in [0.15, 0.2) is 12.9 Å². The lowest BCUT2D eigenvalue weighted by Gasteiger charge is -2.24. The lowest BCUT2D eigenvalue weighted by Crippen LogP contribution is -2.53. The van der Waals surface area contributed by atoms with Gasteiger partial charge in [-0.05, 0) is 43.0 Å². The summed E-state index contributed by atoms with van der Waals surface area (Å²) in [4.78, 5) is 41.6. The molecule has 2 aromatic rings. The van der Waals surface area contributed by atoms with Crippen molar-refractivity contribution in [2.24, 2.45) is 5.92 Å². The van der Waals surface area contributed by atoms with Gasteiger partial charge in [-0.2, -0.15) is 0 Å².